The summed E-state index contributed by atoms with van der Waals surface area (Å²) in [7, 11) is 1.82. The third-order valence-corrected chi connectivity index (χ3v) is 3.53. The lowest BCUT2D eigenvalue weighted by molar-refractivity contribution is 0.102. The Balaban J connectivity index is 1.98. The standard InChI is InChI=1S/C16H18N4O/c1-11(2)20-8-7-13-14(5-4-6-15(13)20)16(21)18-12-9-17-19(3)10-12/h4-11H,1-3H3,(H,18,21). The maximum Gasteiger partial charge on any atom is 0.256 e. The summed E-state index contributed by atoms with van der Waals surface area (Å²) in [6, 6.07) is 8.15. The predicted molar refractivity (Wildman–Crippen MR) is 83.5 cm³/mol. The van der Waals surface area contributed by atoms with Crippen LogP contribution >= 0.6 is 0 Å². The van der Waals surface area contributed by atoms with Crippen molar-refractivity contribution in [1.29, 1.82) is 0 Å². The van der Waals surface area contributed by atoms with E-state index in [1.807, 2.05) is 37.5 Å². The van der Waals surface area contributed by atoms with Crippen LogP contribution < -0.4 is 5.32 Å². The molecule has 0 bridgehead atoms. The number of rotatable bonds is 3. The van der Waals surface area contributed by atoms with Crippen LogP contribution in [0.5, 0.6) is 0 Å². The Labute approximate surface area is 123 Å². The van der Waals surface area contributed by atoms with E-state index in [1.54, 1.807) is 17.1 Å². The lowest BCUT2D eigenvalue weighted by Gasteiger charge is -2.10. The van der Waals surface area contributed by atoms with Gasteiger partial charge in [-0.1, -0.05) is 6.07 Å². The van der Waals surface area contributed by atoms with Crippen LogP contribution in [0.3, 0.4) is 0 Å². The monoisotopic (exact) mass is 282 g/mol. The van der Waals surface area contributed by atoms with Crippen LogP contribution in [0, 0.1) is 0 Å². The van der Waals surface area contributed by atoms with Gasteiger partial charge in [0.05, 0.1) is 11.9 Å². The highest BCUT2D eigenvalue weighted by molar-refractivity contribution is 6.12. The van der Waals surface area contributed by atoms with Crippen LogP contribution in [0.2, 0.25) is 0 Å². The Morgan fingerprint density at radius 1 is 1.29 bits per heavy atom. The first-order valence-electron chi connectivity index (χ1n) is 6.96. The number of benzene rings is 1. The molecule has 5 nitrogen and oxygen atoms in total. The van der Waals surface area contributed by atoms with E-state index in [4.69, 9.17) is 0 Å². The molecule has 21 heavy (non-hydrogen) atoms. The minimum atomic E-state index is -0.116. The zero-order valence-corrected chi connectivity index (χ0v) is 12.4. The topological polar surface area (TPSA) is 51.9 Å². The molecule has 0 aliphatic rings. The van der Waals surface area contributed by atoms with Crippen molar-refractivity contribution in [2.75, 3.05) is 5.32 Å². The van der Waals surface area contributed by atoms with Gasteiger partial charge in [-0.3, -0.25) is 9.48 Å². The molecule has 3 aromatic rings. The van der Waals surface area contributed by atoms with Gasteiger partial charge in [-0.05, 0) is 32.0 Å². The lowest BCUT2D eigenvalue weighted by atomic mass is 10.1. The number of aryl methyl sites for hydroxylation is 1. The summed E-state index contributed by atoms with van der Waals surface area (Å²) < 4.78 is 3.82. The summed E-state index contributed by atoms with van der Waals surface area (Å²) in [6.07, 6.45) is 5.44. The maximum atomic E-state index is 12.5. The molecule has 0 aliphatic heterocycles. The Bertz CT molecular complexity index is 798. The fraction of sp³-hybridized carbons (Fsp3) is 0.250. The molecule has 3 rings (SSSR count). The van der Waals surface area contributed by atoms with Gasteiger partial charge in [-0.15, -0.1) is 0 Å². The minimum absolute atomic E-state index is 0.116. The molecule has 0 aliphatic carbocycles. The van der Waals surface area contributed by atoms with Gasteiger partial charge >= 0.3 is 0 Å². The number of hydrogen-bond acceptors (Lipinski definition) is 2. The average molecular weight is 282 g/mol. The van der Waals surface area contributed by atoms with Crippen molar-refractivity contribution in [2.45, 2.75) is 19.9 Å². The van der Waals surface area contributed by atoms with Gasteiger partial charge in [0.2, 0.25) is 0 Å². The van der Waals surface area contributed by atoms with Crippen molar-refractivity contribution >= 4 is 22.5 Å². The summed E-state index contributed by atoms with van der Waals surface area (Å²) in [6.45, 7) is 4.25. The first-order valence-corrected chi connectivity index (χ1v) is 6.96. The van der Waals surface area contributed by atoms with Crippen molar-refractivity contribution in [2.24, 2.45) is 7.05 Å². The van der Waals surface area contributed by atoms with Gasteiger partial charge in [0.1, 0.15) is 0 Å². The molecule has 0 radical (unpaired) electrons. The number of carbonyl (C=O) groups is 1. The number of hydrogen-bond donors (Lipinski definition) is 1. The highest BCUT2D eigenvalue weighted by atomic mass is 16.1. The molecule has 1 aromatic carbocycles. The summed E-state index contributed by atoms with van der Waals surface area (Å²) in [5.74, 6) is -0.116. The molecule has 5 heteroatoms. The third kappa shape index (κ3) is 2.42. The molecule has 0 saturated carbocycles. The number of nitrogens with one attached hydrogen (secondary N) is 1. The first-order chi connectivity index (χ1) is 10.1. The summed E-state index contributed by atoms with van der Waals surface area (Å²) >= 11 is 0. The molecular weight excluding hydrogens is 264 g/mol. The lowest BCUT2D eigenvalue weighted by Crippen LogP contribution is -2.11. The first kappa shape index (κ1) is 13.4. The second-order valence-electron chi connectivity index (χ2n) is 5.41. The zero-order valence-electron chi connectivity index (χ0n) is 12.4. The number of aromatic nitrogens is 3. The fourth-order valence-corrected chi connectivity index (χ4v) is 2.52. The third-order valence-electron chi connectivity index (χ3n) is 3.53. The molecule has 0 saturated heterocycles. The highest BCUT2D eigenvalue weighted by Gasteiger charge is 2.13. The molecule has 108 valence electrons. The Morgan fingerprint density at radius 3 is 2.76 bits per heavy atom. The Hall–Kier alpha value is -2.56. The number of nitrogens with zero attached hydrogens (tertiary/aromatic N) is 3. The van der Waals surface area contributed by atoms with Crippen molar-refractivity contribution in [3.8, 4) is 0 Å². The van der Waals surface area contributed by atoms with E-state index in [0.717, 1.165) is 10.9 Å². The van der Waals surface area contributed by atoms with Gasteiger partial charge < -0.3 is 9.88 Å². The van der Waals surface area contributed by atoms with Crippen LogP contribution in [-0.2, 0) is 7.05 Å². The average Bonchev–Trinajstić information content (AvgIpc) is 3.04. The van der Waals surface area contributed by atoms with Gasteiger partial charge in [0, 0.05) is 41.9 Å². The van der Waals surface area contributed by atoms with E-state index < -0.39 is 0 Å². The van der Waals surface area contributed by atoms with Crippen molar-refractivity contribution in [3.05, 3.63) is 48.4 Å². The maximum absolute atomic E-state index is 12.5. The van der Waals surface area contributed by atoms with Gasteiger partial charge in [-0.25, -0.2) is 0 Å². The molecule has 2 heterocycles. The largest absolute Gasteiger partial charge is 0.345 e. The summed E-state index contributed by atoms with van der Waals surface area (Å²) in [5.41, 5.74) is 2.45. The van der Waals surface area contributed by atoms with Gasteiger partial charge in [0.25, 0.3) is 5.91 Å². The SMILES string of the molecule is CC(C)n1ccc2c(C(=O)Nc3cnn(C)c3)cccc21. The Morgan fingerprint density at radius 2 is 2.10 bits per heavy atom. The minimum Gasteiger partial charge on any atom is -0.345 e. The number of amides is 1. The Kier molecular flexibility index (Phi) is 3.25. The summed E-state index contributed by atoms with van der Waals surface area (Å²) in [5, 5.41) is 7.89. The van der Waals surface area contributed by atoms with Crippen LogP contribution in [0.1, 0.15) is 30.2 Å². The number of carbonyl (C=O) groups excluding carboxylic acids is 1. The van der Waals surface area contributed by atoms with E-state index in [-0.39, 0.29) is 5.91 Å². The van der Waals surface area contributed by atoms with Crippen LogP contribution in [0.15, 0.2) is 42.9 Å². The zero-order chi connectivity index (χ0) is 15.0. The van der Waals surface area contributed by atoms with Crippen LogP contribution in [-0.4, -0.2) is 20.3 Å². The molecule has 0 unspecified atom stereocenters. The van der Waals surface area contributed by atoms with Gasteiger partial charge in [-0.2, -0.15) is 5.10 Å². The van der Waals surface area contributed by atoms with Crippen molar-refractivity contribution in [3.63, 3.8) is 0 Å². The van der Waals surface area contributed by atoms with E-state index in [0.29, 0.717) is 17.3 Å². The molecule has 0 spiro atoms. The van der Waals surface area contributed by atoms with Gasteiger partial charge in [0.15, 0.2) is 0 Å². The molecule has 1 N–H and O–H groups in total. The van der Waals surface area contributed by atoms with E-state index in [9.17, 15) is 4.79 Å². The number of anilines is 1. The molecule has 0 fully saturated rings. The van der Waals surface area contributed by atoms with Crippen molar-refractivity contribution in [1.82, 2.24) is 14.3 Å². The smallest absolute Gasteiger partial charge is 0.256 e. The predicted octanol–water partition coefficient (Wildman–Crippen LogP) is 3.21. The number of fused-ring (bicyclic) bond motifs is 1. The quantitative estimate of drug-likeness (QED) is 0.802. The van der Waals surface area contributed by atoms with Crippen LogP contribution in [0.4, 0.5) is 5.69 Å². The summed E-state index contributed by atoms with van der Waals surface area (Å²) in [4.78, 5) is 12.5. The second kappa shape index (κ2) is 5.09. The molecular formula is C16H18N4O. The van der Waals surface area contributed by atoms with E-state index in [1.165, 1.54) is 0 Å². The molecule has 0 atom stereocenters. The highest BCUT2D eigenvalue weighted by Crippen LogP contribution is 2.24. The van der Waals surface area contributed by atoms with Crippen molar-refractivity contribution < 1.29 is 4.79 Å². The van der Waals surface area contributed by atoms with Crippen LogP contribution in [0.25, 0.3) is 10.9 Å². The molecule has 1 amide bonds. The van der Waals surface area contributed by atoms with E-state index >= 15 is 0 Å². The normalized spacial score (nSPS) is 11.2. The van der Waals surface area contributed by atoms with E-state index in [2.05, 4.69) is 28.8 Å². The molecule has 2 aromatic heterocycles. The second-order valence-corrected chi connectivity index (χ2v) is 5.41. The fourth-order valence-electron chi connectivity index (χ4n) is 2.52.